The van der Waals surface area contributed by atoms with Crippen LogP contribution < -0.4 is 4.74 Å². The molecule has 2 aromatic rings. The number of ether oxygens (including phenoxy) is 1. The maximum Gasteiger partial charge on any atom is 0.258 e. The molecule has 0 amide bonds. The Hall–Kier alpha value is -1.84. The number of hydrogen-bond acceptors (Lipinski definition) is 3. The lowest BCUT2D eigenvalue weighted by molar-refractivity contribution is 0.441. The van der Waals surface area contributed by atoms with Crippen LogP contribution in [0.2, 0.25) is 0 Å². The van der Waals surface area contributed by atoms with Crippen LogP contribution in [0, 0.1) is 0 Å². The molecule has 1 saturated carbocycles. The van der Waals surface area contributed by atoms with Crippen molar-refractivity contribution in [3.63, 3.8) is 0 Å². The third-order valence-electron chi connectivity index (χ3n) is 3.57. The Bertz CT molecular complexity index is 472. The fraction of sp³-hybridized carbons (Fsp3) is 0.429. The molecular formula is C14H17N3O. The third kappa shape index (κ3) is 2.53. The molecule has 1 aromatic heterocycles. The summed E-state index contributed by atoms with van der Waals surface area (Å²) < 4.78 is 5.56. The lowest BCUT2D eigenvalue weighted by atomic mass is 9.84. The summed E-state index contributed by atoms with van der Waals surface area (Å²) in [4.78, 5) is 0. The van der Waals surface area contributed by atoms with Crippen LogP contribution in [0.4, 0.5) is 0 Å². The summed E-state index contributed by atoms with van der Waals surface area (Å²) in [5.41, 5.74) is 1.43. The molecule has 1 heterocycles. The zero-order chi connectivity index (χ0) is 12.2. The van der Waals surface area contributed by atoms with Gasteiger partial charge in [0, 0.05) is 0 Å². The van der Waals surface area contributed by atoms with Crippen LogP contribution in [-0.4, -0.2) is 15.4 Å². The van der Waals surface area contributed by atoms with Gasteiger partial charge >= 0.3 is 0 Å². The molecule has 1 fully saturated rings. The van der Waals surface area contributed by atoms with Gasteiger partial charge in [-0.15, -0.1) is 0 Å². The summed E-state index contributed by atoms with van der Waals surface area (Å²) >= 11 is 0. The van der Waals surface area contributed by atoms with Crippen molar-refractivity contribution in [2.75, 3.05) is 0 Å². The predicted molar refractivity (Wildman–Crippen MR) is 68.7 cm³/mol. The number of hydrogen-bond donors (Lipinski definition) is 1. The molecule has 0 radical (unpaired) electrons. The van der Waals surface area contributed by atoms with Crippen LogP contribution >= 0.6 is 0 Å². The first-order valence-electron chi connectivity index (χ1n) is 6.56. The molecule has 0 unspecified atom stereocenters. The van der Waals surface area contributed by atoms with E-state index < -0.39 is 0 Å². The van der Waals surface area contributed by atoms with Gasteiger partial charge in [0.1, 0.15) is 5.75 Å². The molecular weight excluding hydrogens is 226 g/mol. The summed E-state index contributed by atoms with van der Waals surface area (Å²) in [5, 5.41) is 10.0. The van der Waals surface area contributed by atoms with Crippen molar-refractivity contribution in [2.45, 2.75) is 38.0 Å². The highest BCUT2D eigenvalue weighted by Crippen LogP contribution is 2.33. The fourth-order valence-electron chi connectivity index (χ4n) is 2.61. The highest BCUT2D eigenvalue weighted by molar-refractivity contribution is 5.31. The summed E-state index contributed by atoms with van der Waals surface area (Å²) in [5.74, 6) is 2.05. The minimum atomic E-state index is 0.500. The van der Waals surface area contributed by atoms with Crippen LogP contribution in [-0.2, 0) is 0 Å². The van der Waals surface area contributed by atoms with Crippen molar-refractivity contribution in [1.82, 2.24) is 15.4 Å². The molecule has 18 heavy (non-hydrogen) atoms. The fourth-order valence-corrected chi connectivity index (χ4v) is 2.61. The Morgan fingerprint density at radius 1 is 1.06 bits per heavy atom. The van der Waals surface area contributed by atoms with Gasteiger partial charge in [-0.25, -0.2) is 0 Å². The lowest BCUT2D eigenvalue weighted by Gasteiger charge is -2.21. The van der Waals surface area contributed by atoms with Gasteiger partial charge in [-0.1, -0.05) is 41.7 Å². The van der Waals surface area contributed by atoms with Crippen LogP contribution in [0.1, 0.15) is 43.6 Å². The van der Waals surface area contributed by atoms with E-state index in [0.717, 1.165) is 11.7 Å². The molecule has 0 bridgehead atoms. The zero-order valence-electron chi connectivity index (χ0n) is 10.3. The van der Waals surface area contributed by atoms with Gasteiger partial charge in [-0.2, -0.15) is 0 Å². The van der Waals surface area contributed by atoms with Gasteiger partial charge in [0.25, 0.3) is 5.88 Å². The Labute approximate surface area is 106 Å². The number of nitrogens with zero attached hydrogens (tertiary/aromatic N) is 2. The van der Waals surface area contributed by atoms with Crippen LogP contribution in [0.3, 0.4) is 0 Å². The van der Waals surface area contributed by atoms with E-state index >= 15 is 0 Å². The summed E-state index contributed by atoms with van der Waals surface area (Å²) in [7, 11) is 0. The van der Waals surface area contributed by atoms with Gasteiger partial charge in [0.2, 0.25) is 0 Å². The quantitative estimate of drug-likeness (QED) is 0.895. The van der Waals surface area contributed by atoms with E-state index in [1.165, 1.54) is 37.7 Å². The second-order valence-electron chi connectivity index (χ2n) is 4.82. The van der Waals surface area contributed by atoms with E-state index in [4.69, 9.17) is 4.74 Å². The molecule has 94 valence electrons. The first kappa shape index (κ1) is 11.3. The van der Waals surface area contributed by atoms with Crippen molar-refractivity contribution in [3.05, 3.63) is 36.0 Å². The van der Waals surface area contributed by atoms with Gasteiger partial charge in [0.15, 0.2) is 0 Å². The summed E-state index contributed by atoms with van der Waals surface area (Å²) in [6, 6.07) is 8.37. The minimum absolute atomic E-state index is 0.500. The van der Waals surface area contributed by atoms with Crippen LogP contribution in [0.5, 0.6) is 11.6 Å². The molecule has 4 nitrogen and oxygen atoms in total. The minimum Gasteiger partial charge on any atom is -0.436 e. The number of aromatic nitrogens is 3. The highest BCUT2D eigenvalue weighted by atomic mass is 16.5. The summed E-state index contributed by atoms with van der Waals surface area (Å²) in [6.45, 7) is 0. The molecule has 0 aliphatic heterocycles. The van der Waals surface area contributed by atoms with E-state index in [1.54, 1.807) is 6.20 Å². The van der Waals surface area contributed by atoms with Gasteiger partial charge in [-0.3, -0.25) is 5.10 Å². The highest BCUT2D eigenvalue weighted by Gasteiger charge is 2.15. The first-order valence-corrected chi connectivity index (χ1v) is 6.56. The van der Waals surface area contributed by atoms with Crippen molar-refractivity contribution in [2.24, 2.45) is 0 Å². The standard InChI is InChI=1S/C14H17N3O/c1-2-4-11(5-3-1)12-6-8-13(9-7-12)18-14-10-15-17-16-14/h6-11H,1-5H2,(H,15,16,17). The van der Waals surface area contributed by atoms with Crippen molar-refractivity contribution >= 4 is 0 Å². The van der Waals surface area contributed by atoms with Crippen LogP contribution in [0.25, 0.3) is 0 Å². The number of benzene rings is 1. The number of rotatable bonds is 3. The topological polar surface area (TPSA) is 50.8 Å². The van der Waals surface area contributed by atoms with E-state index in [2.05, 4.69) is 27.5 Å². The molecule has 1 aromatic carbocycles. The molecule has 1 aliphatic rings. The van der Waals surface area contributed by atoms with Gasteiger partial charge in [0.05, 0.1) is 6.20 Å². The second-order valence-corrected chi connectivity index (χ2v) is 4.82. The molecule has 1 aliphatic carbocycles. The molecule has 0 saturated heterocycles. The van der Waals surface area contributed by atoms with E-state index in [9.17, 15) is 0 Å². The SMILES string of the molecule is c1cc(C2CCCCC2)ccc1Oc1c[nH]nn1. The van der Waals surface area contributed by atoms with Crippen molar-refractivity contribution < 1.29 is 4.74 Å². The Morgan fingerprint density at radius 3 is 2.50 bits per heavy atom. The number of aromatic amines is 1. The molecule has 3 rings (SSSR count). The van der Waals surface area contributed by atoms with Crippen LogP contribution in [0.15, 0.2) is 30.5 Å². The molecule has 4 heteroatoms. The normalized spacial score (nSPS) is 16.7. The maximum absolute atomic E-state index is 5.56. The smallest absolute Gasteiger partial charge is 0.258 e. The maximum atomic E-state index is 5.56. The van der Waals surface area contributed by atoms with Gasteiger partial charge in [-0.05, 0) is 36.5 Å². The lowest BCUT2D eigenvalue weighted by Crippen LogP contribution is -2.04. The summed E-state index contributed by atoms with van der Waals surface area (Å²) in [6.07, 6.45) is 8.40. The molecule has 1 N–H and O–H groups in total. The average Bonchev–Trinajstić information content (AvgIpc) is 2.94. The molecule has 0 atom stereocenters. The first-order chi connectivity index (χ1) is 8.92. The zero-order valence-corrected chi connectivity index (χ0v) is 10.3. The van der Waals surface area contributed by atoms with E-state index in [1.807, 2.05) is 12.1 Å². The number of nitrogens with one attached hydrogen (secondary N) is 1. The predicted octanol–water partition coefficient (Wildman–Crippen LogP) is 3.64. The van der Waals surface area contributed by atoms with Crippen molar-refractivity contribution in [1.29, 1.82) is 0 Å². The number of H-pyrrole nitrogens is 1. The van der Waals surface area contributed by atoms with E-state index in [0.29, 0.717) is 5.88 Å². The van der Waals surface area contributed by atoms with Crippen molar-refractivity contribution in [3.8, 4) is 11.6 Å². The largest absolute Gasteiger partial charge is 0.436 e. The Balaban J connectivity index is 1.68. The Kier molecular flexibility index (Phi) is 3.26. The van der Waals surface area contributed by atoms with E-state index in [-0.39, 0.29) is 0 Å². The average molecular weight is 243 g/mol. The van der Waals surface area contributed by atoms with Gasteiger partial charge < -0.3 is 4.74 Å². The molecule has 0 spiro atoms. The Morgan fingerprint density at radius 2 is 1.83 bits per heavy atom. The second kappa shape index (κ2) is 5.21. The third-order valence-corrected chi connectivity index (χ3v) is 3.57. The monoisotopic (exact) mass is 243 g/mol.